The zero-order valence-corrected chi connectivity index (χ0v) is 20.2. The molecule has 0 atom stereocenters. The maximum atomic E-state index is 6.45. The van der Waals surface area contributed by atoms with Crippen LogP contribution in [0.4, 0.5) is 0 Å². The molecule has 0 N–H and O–H groups in total. The van der Waals surface area contributed by atoms with Crippen molar-refractivity contribution in [1.29, 1.82) is 0 Å². The minimum atomic E-state index is -0.102. The lowest BCUT2D eigenvalue weighted by Crippen LogP contribution is -2.15. The van der Waals surface area contributed by atoms with Crippen molar-refractivity contribution in [2.24, 2.45) is 0 Å². The van der Waals surface area contributed by atoms with Gasteiger partial charge >= 0.3 is 0 Å². The van der Waals surface area contributed by atoms with Gasteiger partial charge in [-0.25, -0.2) is 0 Å². The topological polar surface area (TPSA) is 26.0 Å². The van der Waals surface area contributed by atoms with Gasteiger partial charge in [-0.15, -0.1) is 0 Å². The van der Waals surface area contributed by atoms with Crippen molar-refractivity contribution in [1.82, 2.24) is 4.98 Å². The SMILES string of the molecule is CC1(C)c2cc(-c3cccc4oc5c6ccccc6ccc5c34)ccc2-c2cc3cccnc3cc21. The summed E-state index contributed by atoms with van der Waals surface area (Å²) in [6.45, 7) is 4.66. The van der Waals surface area contributed by atoms with Crippen LogP contribution < -0.4 is 0 Å². The van der Waals surface area contributed by atoms with E-state index in [1.807, 2.05) is 12.3 Å². The summed E-state index contributed by atoms with van der Waals surface area (Å²) in [5.41, 5.74) is 10.6. The van der Waals surface area contributed by atoms with Gasteiger partial charge in [-0.2, -0.15) is 0 Å². The fourth-order valence-corrected chi connectivity index (χ4v) is 6.26. The molecule has 2 nitrogen and oxygen atoms in total. The van der Waals surface area contributed by atoms with E-state index in [0.29, 0.717) is 0 Å². The Morgan fingerprint density at radius 2 is 1.50 bits per heavy atom. The van der Waals surface area contributed by atoms with Crippen LogP contribution in [0.1, 0.15) is 25.0 Å². The first kappa shape index (κ1) is 19.8. The highest BCUT2D eigenvalue weighted by Gasteiger charge is 2.36. The van der Waals surface area contributed by atoms with Crippen molar-refractivity contribution in [2.75, 3.05) is 0 Å². The molecule has 170 valence electrons. The minimum absolute atomic E-state index is 0.102. The smallest absolute Gasteiger partial charge is 0.143 e. The van der Waals surface area contributed by atoms with Crippen molar-refractivity contribution in [3.05, 3.63) is 114 Å². The molecule has 0 unspecified atom stereocenters. The average molecular weight is 462 g/mol. The Kier molecular flexibility index (Phi) is 3.76. The third-order valence-corrected chi connectivity index (χ3v) is 8.10. The first-order chi connectivity index (χ1) is 17.6. The highest BCUT2D eigenvalue weighted by Crippen LogP contribution is 2.51. The van der Waals surface area contributed by atoms with Crippen molar-refractivity contribution in [3.8, 4) is 22.3 Å². The number of hydrogen-bond acceptors (Lipinski definition) is 2. The van der Waals surface area contributed by atoms with Crippen LogP contribution in [0.2, 0.25) is 0 Å². The van der Waals surface area contributed by atoms with Gasteiger partial charge in [0.15, 0.2) is 0 Å². The van der Waals surface area contributed by atoms with Crippen molar-refractivity contribution < 1.29 is 4.42 Å². The number of benzene rings is 5. The number of rotatable bonds is 1. The third kappa shape index (κ3) is 2.54. The Morgan fingerprint density at radius 1 is 0.639 bits per heavy atom. The summed E-state index contributed by atoms with van der Waals surface area (Å²) in [5, 5.41) is 5.89. The van der Waals surface area contributed by atoms with E-state index in [9.17, 15) is 0 Å². The lowest BCUT2D eigenvalue weighted by Gasteiger charge is -2.22. The quantitative estimate of drug-likeness (QED) is 0.243. The number of hydrogen-bond donors (Lipinski definition) is 0. The molecule has 5 aromatic carbocycles. The summed E-state index contributed by atoms with van der Waals surface area (Å²) in [6, 6.07) is 35.0. The van der Waals surface area contributed by atoms with Crippen LogP contribution in [0.25, 0.3) is 65.9 Å². The van der Waals surface area contributed by atoms with Gasteiger partial charge in [0, 0.05) is 33.2 Å². The van der Waals surface area contributed by atoms with Gasteiger partial charge in [-0.1, -0.05) is 74.5 Å². The normalized spacial score (nSPS) is 14.1. The summed E-state index contributed by atoms with van der Waals surface area (Å²) in [4.78, 5) is 4.62. The molecular weight excluding hydrogens is 438 g/mol. The van der Waals surface area contributed by atoms with Gasteiger partial charge in [0.05, 0.1) is 5.52 Å². The van der Waals surface area contributed by atoms with Gasteiger partial charge in [0.25, 0.3) is 0 Å². The molecule has 36 heavy (non-hydrogen) atoms. The van der Waals surface area contributed by atoms with Crippen molar-refractivity contribution in [2.45, 2.75) is 19.3 Å². The Bertz CT molecular complexity index is 2030. The average Bonchev–Trinajstić information content (AvgIpc) is 3.40. The molecule has 0 radical (unpaired) electrons. The number of fused-ring (bicyclic) bond motifs is 9. The highest BCUT2D eigenvalue weighted by molar-refractivity contribution is 6.19. The molecule has 0 fully saturated rings. The molecule has 0 spiro atoms. The third-order valence-electron chi connectivity index (χ3n) is 8.10. The van der Waals surface area contributed by atoms with Crippen LogP contribution in [0.15, 0.2) is 108 Å². The summed E-state index contributed by atoms with van der Waals surface area (Å²) < 4.78 is 6.45. The van der Waals surface area contributed by atoms with Crippen LogP contribution in [-0.4, -0.2) is 4.98 Å². The molecule has 2 aromatic heterocycles. The van der Waals surface area contributed by atoms with E-state index in [2.05, 4.69) is 110 Å². The van der Waals surface area contributed by atoms with E-state index in [0.717, 1.165) is 22.1 Å². The van der Waals surface area contributed by atoms with Crippen molar-refractivity contribution >= 4 is 43.6 Å². The number of aromatic nitrogens is 1. The van der Waals surface area contributed by atoms with E-state index in [1.165, 1.54) is 54.9 Å². The summed E-state index contributed by atoms with van der Waals surface area (Å²) in [7, 11) is 0. The number of nitrogens with zero attached hydrogens (tertiary/aromatic N) is 1. The predicted octanol–water partition coefficient (Wildman–Crippen LogP) is 9.26. The molecule has 1 aliphatic rings. The largest absolute Gasteiger partial charge is 0.455 e. The Balaban J connectivity index is 1.38. The molecule has 2 heterocycles. The molecule has 7 aromatic rings. The second kappa shape index (κ2) is 6.83. The monoisotopic (exact) mass is 461 g/mol. The standard InChI is InChI=1S/C34H23NO/c1-34(2)28-18-21(13-14-25(28)27-17-22-8-6-16-35-30(22)19-29(27)34)23-10-5-11-31-32(23)26-15-12-20-7-3-4-9-24(20)33(26)36-31/h3-19H,1-2H3. The lowest BCUT2D eigenvalue weighted by molar-refractivity contribution is 0.661. The van der Waals surface area contributed by atoms with Crippen LogP contribution >= 0.6 is 0 Å². The Labute approximate surface area is 208 Å². The van der Waals surface area contributed by atoms with Gasteiger partial charge in [-0.05, 0) is 75.2 Å². The zero-order chi connectivity index (χ0) is 24.0. The van der Waals surface area contributed by atoms with Gasteiger partial charge < -0.3 is 4.42 Å². The number of furan rings is 1. The zero-order valence-electron chi connectivity index (χ0n) is 20.2. The fraction of sp³-hybridized carbons (Fsp3) is 0.0882. The Hall–Kier alpha value is -4.43. The lowest BCUT2D eigenvalue weighted by atomic mass is 9.81. The van der Waals surface area contributed by atoms with E-state index < -0.39 is 0 Å². The van der Waals surface area contributed by atoms with E-state index in [4.69, 9.17) is 4.42 Å². The molecule has 0 aliphatic heterocycles. The second-order valence-electron chi connectivity index (χ2n) is 10.4. The molecule has 0 amide bonds. The first-order valence-corrected chi connectivity index (χ1v) is 12.5. The molecular formula is C34H23NO. The van der Waals surface area contributed by atoms with E-state index in [1.54, 1.807) is 0 Å². The number of pyridine rings is 1. The molecule has 1 aliphatic carbocycles. The molecule has 8 rings (SSSR count). The molecule has 0 saturated heterocycles. The second-order valence-corrected chi connectivity index (χ2v) is 10.4. The predicted molar refractivity (Wildman–Crippen MR) is 150 cm³/mol. The maximum Gasteiger partial charge on any atom is 0.143 e. The van der Waals surface area contributed by atoms with Gasteiger partial charge in [-0.3, -0.25) is 4.98 Å². The fourth-order valence-electron chi connectivity index (χ4n) is 6.26. The summed E-state index contributed by atoms with van der Waals surface area (Å²) in [5.74, 6) is 0. The van der Waals surface area contributed by atoms with E-state index >= 15 is 0 Å². The maximum absolute atomic E-state index is 6.45. The summed E-state index contributed by atoms with van der Waals surface area (Å²) >= 11 is 0. The minimum Gasteiger partial charge on any atom is -0.455 e. The van der Waals surface area contributed by atoms with Crippen LogP contribution in [0.3, 0.4) is 0 Å². The Morgan fingerprint density at radius 3 is 2.44 bits per heavy atom. The summed E-state index contributed by atoms with van der Waals surface area (Å²) in [6.07, 6.45) is 1.88. The van der Waals surface area contributed by atoms with Gasteiger partial charge in [0.1, 0.15) is 11.2 Å². The highest BCUT2D eigenvalue weighted by atomic mass is 16.3. The van der Waals surface area contributed by atoms with Crippen molar-refractivity contribution in [3.63, 3.8) is 0 Å². The molecule has 0 bridgehead atoms. The van der Waals surface area contributed by atoms with Crippen LogP contribution in [-0.2, 0) is 5.41 Å². The van der Waals surface area contributed by atoms with Gasteiger partial charge in [0.2, 0.25) is 0 Å². The molecule has 0 saturated carbocycles. The first-order valence-electron chi connectivity index (χ1n) is 12.5. The molecule has 2 heteroatoms. The van der Waals surface area contributed by atoms with Crippen LogP contribution in [0, 0.1) is 0 Å². The van der Waals surface area contributed by atoms with Crippen LogP contribution in [0.5, 0.6) is 0 Å². The van der Waals surface area contributed by atoms with E-state index in [-0.39, 0.29) is 5.41 Å².